The van der Waals surface area contributed by atoms with Crippen LogP contribution in [0.15, 0.2) is 12.2 Å². The zero-order chi connectivity index (χ0) is 44.9. The molecule has 0 aliphatic heterocycles. The molecule has 4 heteroatoms. The standard InChI is InChI=1S/C58H113NO3/c1-3-5-7-9-11-13-15-17-19-21-22-23-25-27-31-35-39-43-47-51-56(60)52-48-44-40-36-32-29-26-30-34-38-42-46-50-54-58(62)59-55-57(61)53-49-45-41-37-33-28-24-20-18-16-14-12-10-8-6-4-2/h17,19,57,61H,3-16,18,20-55H2,1-2H3,(H,59,62). The van der Waals surface area contributed by atoms with Gasteiger partial charge in [0, 0.05) is 25.8 Å². The molecule has 0 saturated carbocycles. The van der Waals surface area contributed by atoms with E-state index in [0.717, 1.165) is 51.4 Å². The molecule has 1 unspecified atom stereocenters. The number of carbonyl (C=O) groups is 2. The number of unbranched alkanes of at least 4 members (excludes halogenated alkanes) is 42. The first-order valence-corrected chi connectivity index (χ1v) is 28.7. The van der Waals surface area contributed by atoms with Crippen molar-refractivity contribution in [3.8, 4) is 0 Å². The summed E-state index contributed by atoms with van der Waals surface area (Å²) >= 11 is 0. The fraction of sp³-hybridized carbons (Fsp3) is 0.931. The fourth-order valence-electron chi connectivity index (χ4n) is 9.13. The first-order valence-electron chi connectivity index (χ1n) is 28.7. The number of rotatable bonds is 54. The SMILES string of the molecule is CCCCCCCCC=CCCCCCCCCCCCC(=O)CCCCCCCCCCCCCCCC(=O)NCC(O)CCCCCCCCCCCCCCCCCC. The Bertz CT molecular complexity index is 901. The molecule has 0 aromatic carbocycles. The first-order chi connectivity index (χ1) is 30.6. The lowest BCUT2D eigenvalue weighted by atomic mass is 10.0. The number of nitrogens with one attached hydrogen (secondary N) is 1. The molecule has 0 rings (SSSR count). The number of allylic oxidation sites excluding steroid dienone is 2. The fourth-order valence-corrected chi connectivity index (χ4v) is 9.13. The van der Waals surface area contributed by atoms with Gasteiger partial charge >= 0.3 is 0 Å². The van der Waals surface area contributed by atoms with Crippen LogP contribution in [0.25, 0.3) is 0 Å². The Morgan fingerprint density at radius 3 is 0.935 bits per heavy atom. The predicted octanol–water partition coefficient (Wildman–Crippen LogP) is 19.1. The highest BCUT2D eigenvalue weighted by atomic mass is 16.3. The molecule has 1 amide bonds. The van der Waals surface area contributed by atoms with Crippen LogP contribution in [0.5, 0.6) is 0 Å². The lowest BCUT2D eigenvalue weighted by molar-refractivity contribution is -0.121. The largest absolute Gasteiger partial charge is 0.391 e. The van der Waals surface area contributed by atoms with Crippen LogP contribution in [0.4, 0.5) is 0 Å². The van der Waals surface area contributed by atoms with Gasteiger partial charge in [-0.05, 0) is 51.4 Å². The summed E-state index contributed by atoms with van der Waals surface area (Å²) in [4.78, 5) is 24.5. The second kappa shape index (κ2) is 54.2. The molecule has 1 atom stereocenters. The molecule has 368 valence electrons. The second-order valence-corrected chi connectivity index (χ2v) is 19.9. The molecule has 0 aromatic rings. The van der Waals surface area contributed by atoms with Crippen molar-refractivity contribution in [2.75, 3.05) is 6.54 Å². The lowest BCUT2D eigenvalue weighted by Crippen LogP contribution is -2.31. The maximum absolute atomic E-state index is 12.3. The van der Waals surface area contributed by atoms with Crippen molar-refractivity contribution in [3.63, 3.8) is 0 Å². The van der Waals surface area contributed by atoms with Crippen molar-refractivity contribution in [2.24, 2.45) is 0 Å². The normalized spacial score (nSPS) is 12.2. The molecule has 62 heavy (non-hydrogen) atoms. The summed E-state index contributed by atoms with van der Waals surface area (Å²) in [5.74, 6) is 0.604. The molecule has 0 aliphatic carbocycles. The Balaban J connectivity index is 3.29. The summed E-state index contributed by atoms with van der Waals surface area (Å²) in [6, 6.07) is 0. The van der Waals surface area contributed by atoms with Crippen LogP contribution in [0.3, 0.4) is 0 Å². The van der Waals surface area contributed by atoms with Crippen LogP contribution >= 0.6 is 0 Å². The molecule has 0 heterocycles. The number of amides is 1. The third-order valence-corrected chi connectivity index (χ3v) is 13.5. The van der Waals surface area contributed by atoms with E-state index in [0.29, 0.717) is 18.7 Å². The second-order valence-electron chi connectivity index (χ2n) is 19.9. The van der Waals surface area contributed by atoms with Gasteiger partial charge in [-0.25, -0.2) is 0 Å². The highest BCUT2D eigenvalue weighted by molar-refractivity contribution is 5.78. The summed E-state index contributed by atoms with van der Waals surface area (Å²) in [6.45, 7) is 4.99. The highest BCUT2D eigenvalue weighted by Gasteiger charge is 2.08. The smallest absolute Gasteiger partial charge is 0.220 e. The van der Waals surface area contributed by atoms with Crippen LogP contribution < -0.4 is 5.32 Å². The Morgan fingerprint density at radius 2 is 0.613 bits per heavy atom. The Kier molecular flexibility index (Phi) is 53.2. The van der Waals surface area contributed by atoms with Crippen LogP contribution in [-0.4, -0.2) is 29.4 Å². The Hall–Kier alpha value is -1.16. The van der Waals surface area contributed by atoms with Crippen molar-refractivity contribution in [3.05, 3.63) is 12.2 Å². The number of hydrogen-bond donors (Lipinski definition) is 2. The van der Waals surface area contributed by atoms with Gasteiger partial charge in [-0.3, -0.25) is 9.59 Å². The molecule has 4 nitrogen and oxygen atoms in total. The van der Waals surface area contributed by atoms with Crippen molar-refractivity contribution >= 4 is 11.7 Å². The van der Waals surface area contributed by atoms with Crippen molar-refractivity contribution in [1.82, 2.24) is 5.32 Å². The van der Waals surface area contributed by atoms with Crippen LogP contribution in [0, 0.1) is 0 Å². The molecular weight excluding hydrogens is 759 g/mol. The summed E-state index contributed by atoms with van der Waals surface area (Å²) in [6.07, 6.45) is 68.3. The van der Waals surface area contributed by atoms with Gasteiger partial charge < -0.3 is 10.4 Å². The van der Waals surface area contributed by atoms with Crippen LogP contribution in [0.1, 0.15) is 335 Å². The molecule has 0 fully saturated rings. The van der Waals surface area contributed by atoms with Gasteiger partial charge in [-0.2, -0.15) is 0 Å². The Labute approximate surface area is 390 Å². The average molecular weight is 873 g/mol. The van der Waals surface area contributed by atoms with E-state index >= 15 is 0 Å². The number of hydrogen-bond acceptors (Lipinski definition) is 3. The third kappa shape index (κ3) is 53.2. The number of Topliss-reactive ketones (excluding diaryl/α,β-unsaturated/α-hetero) is 1. The van der Waals surface area contributed by atoms with Crippen LogP contribution in [-0.2, 0) is 9.59 Å². The topological polar surface area (TPSA) is 66.4 Å². The molecule has 2 N–H and O–H groups in total. The van der Waals surface area contributed by atoms with E-state index in [9.17, 15) is 14.7 Å². The predicted molar refractivity (Wildman–Crippen MR) is 275 cm³/mol. The number of aliphatic hydroxyl groups excluding tert-OH is 1. The van der Waals surface area contributed by atoms with Gasteiger partial charge in [0.2, 0.25) is 5.91 Å². The lowest BCUT2D eigenvalue weighted by Gasteiger charge is -2.12. The molecule has 0 radical (unpaired) electrons. The van der Waals surface area contributed by atoms with E-state index in [1.807, 2.05) is 0 Å². The minimum Gasteiger partial charge on any atom is -0.391 e. The van der Waals surface area contributed by atoms with Gasteiger partial charge in [-0.15, -0.1) is 0 Å². The molecule has 0 saturated heterocycles. The van der Waals surface area contributed by atoms with E-state index in [1.165, 1.54) is 263 Å². The molecular formula is C58H113NO3. The quantitative estimate of drug-likeness (QED) is 0.0473. The third-order valence-electron chi connectivity index (χ3n) is 13.5. The molecule has 0 spiro atoms. The van der Waals surface area contributed by atoms with E-state index in [1.54, 1.807) is 0 Å². The first kappa shape index (κ1) is 60.8. The zero-order valence-corrected chi connectivity index (χ0v) is 42.6. The van der Waals surface area contributed by atoms with E-state index in [4.69, 9.17) is 0 Å². The van der Waals surface area contributed by atoms with E-state index in [2.05, 4.69) is 31.3 Å². The van der Waals surface area contributed by atoms with E-state index < -0.39 is 6.10 Å². The van der Waals surface area contributed by atoms with Crippen molar-refractivity contribution in [1.29, 1.82) is 0 Å². The van der Waals surface area contributed by atoms with Gasteiger partial charge in [-0.1, -0.05) is 276 Å². The van der Waals surface area contributed by atoms with Gasteiger partial charge in [0.15, 0.2) is 0 Å². The summed E-state index contributed by atoms with van der Waals surface area (Å²) < 4.78 is 0. The summed E-state index contributed by atoms with van der Waals surface area (Å²) in [7, 11) is 0. The monoisotopic (exact) mass is 872 g/mol. The molecule has 0 bridgehead atoms. The maximum Gasteiger partial charge on any atom is 0.220 e. The zero-order valence-electron chi connectivity index (χ0n) is 42.6. The van der Waals surface area contributed by atoms with Gasteiger partial charge in [0.1, 0.15) is 5.78 Å². The van der Waals surface area contributed by atoms with Gasteiger partial charge in [0.25, 0.3) is 0 Å². The Morgan fingerprint density at radius 1 is 0.355 bits per heavy atom. The minimum absolute atomic E-state index is 0.104. The molecule has 0 aliphatic rings. The van der Waals surface area contributed by atoms with Crippen molar-refractivity contribution in [2.45, 2.75) is 341 Å². The maximum atomic E-state index is 12.3. The number of ketones is 1. The number of aliphatic hydroxyl groups is 1. The number of carbonyl (C=O) groups excluding carboxylic acids is 2. The van der Waals surface area contributed by atoms with E-state index in [-0.39, 0.29) is 5.91 Å². The van der Waals surface area contributed by atoms with Crippen LogP contribution in [0.2, 0.25) is 0 Å². The van der Waals surface area contributed by atoms with Gasteiger partial charge in [0.05, 0.1) is 6.10 Å². The molecule has 0 aromatic heterocycles. The highest BCUT2D eigenvalue weighted by Crippen LogP contribution is 2.17. The summed E-state index contributed by atoms with van der Waals surface area (Å²) in [5.41, 5.74) is 0. The average Bonchev–Trinajstić information content (AvgIpc) is 3.27. The summed E-state index contributed by atoms with van der Waals surface area (Å²) in [5, 5.41) is 13.3. The minimum atomic E-state index is -0.400. The van der Waals surface area contributed by atoms with Crippen molar-refractivity contribution < 1.29 is 14.7 Å².